The van der Waals surface area contributed by atoms with Crippen molar-refractivity contribution in [1.82, 2.24) is 5.32 Å². The molecule has 0 aliphatic heterocycles. The maximum atomic E-state index is 11.6. The highest BCUT2D eigenvalue weighted by Crippen LogP contribution is 2.42. The van der Waals surface area contributed by atoms with Crippen molar-refractivity contribution in [3.63, 3.8) is 0 Å². The molecule has 2 N–H and O–H groups in total. The maximum absolute atomic E-state index is 11.6. The van der Waals surface area contributed by atoms with E-state index in [4.69, 9.17) is 9.16 Å². The van der Waals surface area contributed by atoms with Crippen LogP contribution in [0.4, 0.5) is 4.79 Å². The molecule has 5 nitrogen and oxygen atoms in total. The zero-order valence-corrected chi connectivity index (χ0v) is 17.4. The normalized spacial score (nSPS) is 14.5. The predicted molar refractivity (Wildman–Crippen MR) is 97.2 cm³/mol. The van der Waals surface area contributed by atoms with Crippen molar-refractivity contribution in [3.05, 3.63) is 0 Å². The van der Waals surface area contributed by atoms with E-state index < -0.39 is 26.1 Å². The molecule has 0 saturated heterocycles. The summed E-state index contributed by atoms with van der Waals surface area (Å²) in [6.07, 6.45) is -1.25. The molecular formula is C17H37NO4Si. The summed E-state index contributed by atoms with van der Waals surface area (Å²) in [5, 5.41) is 12.7. The van der Waals surface area contributed by atoms with E-state index in [9.17, 15) is 9.90 Å². The van der Waals surface area contributed by atoms with Gasteiger partial charge in [0.2, 0.25) is 0 Å². The van der Waals surface area contributed by atoms with Crippen LogP contribution in [0.15, 0.2) is 0 Å². The summed E-state index contributed by atoms with van der Waals surface area (Å²) < 4.78 is 11.5. The molecule has 0 fully saturated rings. The maximum Gasteiger partial charge on any atom is 0.407 e. The topological polar surface area (TPSA) is 67.8 Å². The standard InChI is InChI=1S/C17H37NO4Si/c1-12(2)23(13(3)4,14(5)6)21-11-15(19)10-18-16(20)22-17(7,8)9/h12-15,19H,10-11H2,1-9H3,(H,18,20)/t15-/m1/s1. The highest BCUT2D eigenvalue weighted by molar-refractivity contribution is 6.77. The molecule has 0 saturated carbocycles. The first-order chi connectivity index (χ1) is 10.3. The molecule has 0 rings (SSSR count). The fraction of sp³-hybridized carbons (Fsp3) is 0.941. The first kappa shape index (κ1) is 22.4. The molecule has 0 aliphatic rings. The quantitative estimate of drug-likeness (QED) is 0.650. The monoisotopic (exact) mass is 347 g/mol. The highest BCUT2D eigenvalue weighted by atomic mass is 28.4. The summed E-state index contributed by atoms with van der Waals surface area (Å²) in [5.74, 6) is 0. The van der Waals surface area contributed by atoms with Gasteiger partial charge in [-0.25, -0.2) is 4.79 Å². The van der Waals surface area contributed by atoms with Crippen LogP contribution >= 0.6 is 0 Å². The molecular weight excluding hydrogens is 310 g/mol. The van der Waals surface area contributed by atoms with Crippen LogP contribution in [-0.4, -0.2) is 44.4 Å². The van der Waals surface area contributed by atoms with Gasteiger partial charge in [0.05, 0.1) is 12.7 Å². The highest BCUT2D eigenvalue weighted by Gasteiger charge is 2.45. The van der Waals surface area contributed by atoms with Crippen LogP contribution in [0.1, 0.15) is 62.3 Å². The number of aliphatic hydroxyl groups excluding tert-OH is 1. The predicted octanol–water partition coefficient (Wildman–Crippen LogP) is 4.06. The number of amides is 1. The molecule has 23 heavy (non-hydrogen) atoms. The fourth-order valence-corrected chi connectivity index (χ4v) is 8.80. The van der Waals surface area contributed by atoms with Gasteiger partial charge in [-0.1, -0.05) is 41.5 Å². The minimum atomic E-state index is -1.99. The van der Waals surface area contributed by atoms with Crippen molar-refractivity contribution in [2.45, 2.75) is 90.6 Å². The lowest BCUT2D eigenvalue weighted by molar-refractivity contribution is 0.0454. The second-order valence-corrected chi connectivity index (χ2v) is 13.6. The number of carbonyl (C=O) groups is 1. The van der Waals surface area contributed by atoms with Gasteiger partial charge in [0, 0.05) is 6.54 Å². The van der Waals surface area contributed by atoms with Crippen LogP contribution < -0.4 is 5.32 Å². The van der Waals surface area contributed by atoms with Crippen molar-refractivity contribution >= 4 is 14.4 Å². The smallest absolute Gasteiger partial charge is 0.407 e. The van der Waals surface area contributed by atoms with Crippen molar-refractivity contribution in [2.24, 2.45) is 0 Å². The van der Waals surface area contributed by atoms with E-state index in [1.54, 1.807) is 20.8 Å². The molecule has 0 aliphatic carbocycles. The molecule has 0 unspecified atom stereocenters. The number of nitrogens with one attached hydrogen (secondary N) is 1. The van der Waals surface area contributed by atoms with Crippen molar-refractivity contribution < 1.29 is 19.1 Å². The van der Waals surface area contributed by atoms with Gasteiger partial charge < -0.3 is 19.6 Å². The van der Waals surface area contributed by atoms with E-state index >= 15 is 0 Å². The zero-order chi connectivity index (χ0) is 18.4. The summed E-state index contributed by atoms with van der Waals surface area (Å²) in [6.45, 7) is 19.0. The lowest BCUT2D eigenvalue weighted by atomic mass is 10.2. The van der Waals surface area contributed by atoms with Crippen molar-refractivity contribution in [3.8, 4) is 0 Å². The largest absolute Gasteiger partial charge is 0.444 e. The Morgan fingerprint density at radius 2 is 1.48 bits per heavy atom. The minimum absolute atomic E-state index is 0.133. The first-order valence-electron chi connectivity index (χ1n) is 8.61. The van der Waals surface area contributed by atoms with Crippen LogP contribution in [0, 0.1) is 0 Å². The van der Waals surface area contributed by atoms with Crippen LogP contribution in [0.25, 0.3) is 0 Å². The SMILES string of the molecule is CC(C)[Si](OC[C@H](O)CNC(=O)OC(C)(C)C)(C(C)C)C(C)C. The number of rotatable bonds is 8. The molecule has 0 spiro atoms. The molecule has 138 valence electrons. The Morgan fingerprint density at radius 1 is 1.04 bits per heavy atom. The van der Waals surface area contributed by atoms with E-state index in [-0.39, 0.29) is 13.2 Å². The Labute approximate surface area is 143 Å². The molecule has 1 amide bonds. The van der Waals surface area contributed by atoms with Gasteiger partial charge in [0.15, 0.2) is 8.32 Å². The molecule has 0 aromatic heterocycles. The van der Waals surface area contributed by atoms with Crippen LogP contribution in [-0.2, 0) is 9.16 Å². The Bertz CT molecular complexity index is 342. The van der Waals surface area contributed by atoms with E-state index in [1.165, 1.54) is 0 Å². The summed E-state index contributed by atoms with van der Waals surface area (Å²) >= 11 is 0. The van der Waals surface area contributed by atoms with Crippen molar-refractivity contribution in [1.29, 1.82) is 0 Å². The van der Waals surface area contributed by atoms with E-state index in [1.807, 2.05) is 0 Å². The molecule has 0 radical (unpaired) electrons. The first-order valence-corrected chi connectivity index (χ1v) is 10.8. The molecule has 0 bridgehead atoms. The number of hydrogen-bond acceptors (Lipinski definition) is 4. The summed E-state index contributed by atoms with van der Waals surface area (Å²) in [6, 6.07) is 0. The van der Waals surface area contributed by atoms with Crippen LogP contribution in [0.2, 0.25) is 16.6 Å². The lowest BCUT2D eigenvalue weighted by Gasteiger charge is -2.42. The molecule has 0 aromatic carbocycles. The van der Waals surface area contributed by atoms with Gasteiger partial charge in [0.1, 0.15) is 5.60 Å². The second kappa shape index (κ2) is 9.04. The third-order valence-corrected chi connectivity index (χ3v) is 10.2. The number of aliphatic hydroxyl groups is 1. The number of hydrogen-bond donors (Lipinski definition) is 2. The number of alkyl carbamates (subject to hydrolysis) is 1. The van der Waals surface area contributed by atoms with Gasteiger partial charge in [0.25, 0.3) is 0 Å². The second-order valence-electron chi connectivity index (χ2n) is 8.17. The van der Waals surface area contributed by atoms with Gasteiger partial charge in [-0.15, -0.1) is 0 Å². The summed E-state index contributed by atoms with van der Waals surface area (Å²) in [7, 11) is -1.99. The third-order valence-electron chi connectivity index (χ3n) is 4.11. The Balaban J connectivity index is 4.55. The van der Waals surface area contributed by atoms with Crippen LogP contribution in [0.5, 0.6) is 0 Å². The average molecular weight is 348 g/mol. The minimum Gasteiger partial charge on any atom is -0.444 e. The number of ether oxygens (including phenoxy) is 1. The van der Waals surface area contributed by atoms with Gasteiger partial charge in [-0.05, 0) is 37.4 Å². The molecule has 6 heteroatoms. The van der Waals surface area contributed by atoms with E-state index in [0.717, 1.165) is 0 Å². The fourth-order valence-electron chi connectivity index (χ4n) is 3.31. The van der Waals surface area contributed by atoms with Gasteiger partial charge in [-0.3, -0.25) is 0 Å². The van der Waals surface area contributed by atoms with E-state index in [2.05, 4.69) is 46.9 Å². The molecule has 0 aromatic rings. The number of carbonyl (C=O) groups excluding carboxylic acids is 1. The molecule has 0 heterocycles. The zero-order valence-electron chi connectivity index (χ0n) is 16.4. The summed E-state index contributed by atoms with van der Waals surface area (Å²) in [4.78, 5) is 11.6. The third kappa shape index (κ3) is 7.22. The Morgan fingerprint density at radius 3 is 1.83 bits per heavy atom. The van der Waals surface area contributed by atoms with Crippen molar-refractivity contribution in [2.75, 3.05) is 13.2 Å². The van der Waals surface area contributed by atoms with E-state index in [0.29, 0.717) is 16.6 Å². The average Bonchev–Trinajstić information content (AvgIpc) is 2.33. The molecule has 1 atom stereocenters. The van der Waals surface area contributed by atoms with Gasteiger partial charge >= 0.3 is 6.09 Å². The van der Waals surface area contributed by atoms with Crippen LogP contribution in [0.3, 0.4) is 0 Å². The Kier molecular flexibility index (Phi) is 8.80. The summed E-state index contributed by atoms with van der Waals surface area (Å²) in [5.41, 5.74) is 0.858. The lowest BCUT2D eigenvalue weighted by Crippen LogP contribution is -2.50. The Hall–Kier alpha value is -0.593. The van der Waals surface area contributed by atoms with Gasteiger partial charge in [-0.2, -0.15) is 0 Å².